The van der Waals surface area contributed by atoms with Crippen molar-refractivity contribution < 1.29 is 4.79 Å². The van der Waals surface area contributed by atoms with E-state index in [1.54, 1.807) is 0 Å². The summed E-state index contributed by atoms with van der Waals surface area (Å²) in [4.78, 5) is 12.0. The van der Waals surface area contributed by atoms with Crippen LogP contribution in [0.4, 0.5) is 0 Å². The fourth-order valence-corrected chi connectivity index (χ4v) is 2.71. The highest BCUT2D eigenvalue weighted by atomic mass is 16.1. The third kappa shape index (κ3) is 5.85. The van der Waals surface area contributed by atoms with Gasteiger partial charge in [0.25, 0.3) is 0 Å². The molecule has 0 radical (unpaired) electrons. The summed E-state index contributed by atoms with van der Waals surface area (Å²) in [6.07, 6.45) is 8.13. The zero-order valence-electron chi connectivity index (χ0n) is 12.1. The van der Waals surface area contributed by atoms with Crippen molar-refractivity contribution in [3.05, 3.63) is 0 Å². The molecule has 1 aliphatic carbocycles. The predicted octanol–water partition coefficient (Wildman–Crippen LogP) is 2.71. The third-order valence-electron chi connectivity index (χ3n) is 3.98. The molecule has 106 valence electrons. The second kappa shape index (κ2) is 9.37. The van der Waals surface area contributed by atoms with Gasteiger partial charge in [-0.2, -0.15) is 0 Å². The van der Waals surface area contributed by atoms with E-state index < -0.39 is 0 Å². The molecule has 0 aromatic rings. The molecule has 1 rings (SSSR count). The first-order valence-corrected chi connectivity index (χ1v) is 7.76. The van der Waals surface area contributed by atoms with Crippen LogP contribution in [0.25, 0.3) is 0 Å². The fraction of sp³-hybridized carbons (Fsp3) is 0.933. The van der Waals surface area contributed by atoms with Crippen molar-refractivity contribution in [3.8, 4) is 0 Å². The van der Waals surface area contributed by atoms with E-state index in [2.05, 4.69) is 24.5 Å². The van der Waals surface area contributed by atoms with Crippen LogP contribution in [-0.4, -0.2) is 25.5 Å². The summed E-state index contributed by atoms with van der Waals surface area (Å²) in [7, 11) is 0. The summed E-state index contributed by atoms with van der Waals surface area (Å²) < 4.78 is 0. The molecular weight excluding hydrogens is 224 g/mol. The lowest BCUT2D eigenvalue weighted by Gasteiger charge is -2.27. The lowest BCUT2D eigenvalue weighted by Crippen LogP contribution is -2.35. The van der Waals surface area contributed by atoms with Gasteiger partial charge in [0.05, 0.1) is 0 Å². The maximum Gasteiger partial charge on any atom is 0.223 e. The Labute approximate surface area is 112 Å². The Morgan fingerprint density at radius 1 is 1.11 bits per heavy atom. The van der Waals surface area contributed by atoms with E-state index >= 15 is 0 Å². The van der Waals surface area contributed by atoms with Gasteiger partial charge in [-0.05, 0) is 51.1 Å². The molecule has 1 fully saturated rings. The van der Waals surface area contributed by atoms with Crippen molar-refractivity contribution in [3.63, 3.8) is 0 Å². The summed E-state index contributed by atoms with van der Waals surface area (Å²) >= 11 is 0. The Balaban J connectivity index is 2.11. The zero-order valence-corrected chi connectivity index (χ0v) is 12.1. The van der Waals surface area contributed by atoms with E-state index in [-0.39, 0.29) is 5.92 Å². The van der Waals surface area contributed by atoms with Crippen LogP contribution in [0.2, 0.25) is 0 Å². The Hall–Kier alpha value is -0.570. The van der Waals surface area contributed by atoms with Crippen LogP contribution in [0.1, 0.15) is 58.8 Å². The minimum atomic E-state index is 0.282. The Bertz CT molecular complexity index is 223. The van der Waals surface area contributed by atoms with Crippen LogP contribution in [-0.2, 0) is 4.79 Å². The van der Waals surface area contributed by atoms with Gasteiger partial charge < -0.3 is 10.6 Å². The molecule has 1 saturated carbocycles. The molecule has 0 bridgehead atoms. The molecule has 0 spiro atoms. The van der Waals surface area contributed by atoms with Gasteiger partial charge in [0.1, 0.15) is 0 Å². The zero-order chi connectivity index (χ0) is 13.2. The Kier molecular flexibility index (Phi) is 8.06. The fourth-order valence-electron chi connectivity index (χ4n) is 2.71. The number of rotatable bonds is 8. The van der Waals surface area contributed by atoms with Crippen LogP contribution in [0, 0.1) is 11.8 Å². The average molecular weight is 254 g/mol. The van der Waals surface area contributed by atoms with Gasteiger partial charge in [0.15, 0.2) is 0 Å². The number of nitrogens with one attached hydrogen (secondary N) is 2. The van der Waals surface area contributed by atoms with E-state index in [1.165, 1.54) is 25.7 Å². The van der Waals surface area contributed by atoms with Crippen LogP contribution in [0.5, 0.6) is 0 Å². The second-order valence-electron chi connectivity index (χ2n) is 5.52. The van der Waals surface area contributed by atoms with Crippen molar-refractivity contribution in [1.29, 1.82) is 0 Å². The van der Waals surface area contributed by atoms with Gasteiger partial charge in [-0.3, -0.25) is 4.79 Å². The SMILES string of the molecule is CCCCCNC(=O)C1CCC(CNCC)CC1. The first kappa shape index (κ1) is 15.5. The molecule has 3 heteroatoms. The molecule has 0 aromatic carbocycles. The minimum absolute atomic E-state index is 0.282. The molecule has 0 heterocycles. The van der Waals surface area contributed by atoms with Crippen LogP contribution < -0.4 is 10.6 Å². The molecular formula is C15H30N2O. The highest BCUT2D eigenvalue weighted by Crippen LogP contribution is 2.28. The van der Waals surface area contributed by atoms with Crippen molar-refractivity contribution in [1.82, 2.24) is 10.6 Å². The molecule has 3 nitrogen and oxygen atoms in total. The molecule has 0 saturated heterocycles. The highest BCUT2D eigenvalue weighted by molar-refractivity contribution is 5.78. The molecule has 0 aliphatic heterocycles. The second-order valence-corrected chi connectivity index (χ2v) is 5.52. The van der Waals surface area contributed by atoms with E-state index in [0.717, 1.165) is 44.8 Å². The predicted molar refractivity (Wildman–Crippen MR) is 76.5 cm³/mol. The summed E-state index contributed by atoms with van der Waals surface area (Å²) in [6.45, 7) is 7.38. The number of hydrogen-bond donors (Lipinski definition) is 2. The summed E-state index contributed by atoms with van der Waals surface area (Å²) in [6, 6.07) is 0. The van der Waals surface area contributed by atoms with Crippen molar-refractivity contribution in [2.75, 3.05) is 19.6 Å². The van der Waals surface area contributed by atoms with Crippen molar-refractivity contribution in [2.45, 2.75) is 58.8 Å². The normalized spacial score (nSPS) is 23.9. The Morgan fingerprint density at radius 3 is 2.44 bits per heavy atom. The molecule has 0 atom stereocenters. The maximum absolute atomic E-state index is 12.0. The topological polar surface area (TPSA) is 41.1 Å². The van der Waals surface area contributed by atoms with Crippen molar-refractivity contribution in [2.24, 2.45) is 11.8 Å². The molecule has 0 aromatic heterocycles. The maximum atomic E-state index is 12.0. The molecule has 1 amide bonds. The van der Waals surface area contributed by atoms with Gasteiger partial charge in [-0.1, -0.05) is 26.7 Å². The lowest BCUT2D eigenvalue weighted by atomic mass is 9.81. The van der Waals surface area contributed by atoms with E-state index in [9.17, 15) is 4.79 Å². The standard InChI is InChI=1S/C15H30N2O/c1-3-5-6-11-17-15(18)14-9-7-13(8-10-14)12-16-4-2/h13-14,16H,3-12H2,1-2H3,(H,17,18). The van der Waals surface area contributed by atoms with Gasteiger partial charge in [0, 0.05) is 12.5 Å². The van der Waals surface area contributed by atoms with Crippen LogP contribution >= 0.6 is 0 Å². The average Bonchev–Trinajstić information content (AvgIpc) is 2.41. The summed E-state index contributed by atoms with van der Waals surface area (Å²) in [5, 5.41) is 6.50. The lowest BCUT2D eigenvalue weighted by molar-refractivity contribution is -0.126. The molecule has 1 aliphatic rings. The van der Waals surface area contributed by atoms with Crippen molar-refractivity contribution >= 4 is 5.91 Å². The number of carbonyl (C=O) groups is 1. The molecule has 0 unspecified atom stereocenters. The molecule has 18 heavy (non-hydrogen) atoms. The van der Waals surface area contributed by atoms with E-state index in [1.807, 2.05) is 0 Å². The number of amides is 1. The number of unbranched alkanes of at least 4 members (excludes halogenated alkanes) is 2. The molecule has 2 N–H and O–H groups in total. The highest BCUT2D eigenvalue weighted by Gasteiger charge is 2.25. The van der Waals surface area contributed by atoms with Gasteiger partial charge >= 0.3 is 0 Å². The first-order chi connectivity index (χ1) is 8.77. The van der Waals surface area contributed by atoms with Gasteiger partial charge in [-0.15, -0.1) is 0 Å². The van der Waals surface area contributed by atoms with Crippen LogP contribution in [0.15, 0.2) is 0 Å². The monoisotopic (exact) mass is 254 g/mol. The third-order valence-corrected chi connectivity index (χ3v) is 3.98. The van der Waals surface area contributed by atoms with E-state index in [4.69, 9.17) is 0 Å². The largest absolute Gasteiger partial charge is 0.356 e. The Morgan fingerprint density at radius 2 is 1.83 bits per heavy atom. The van der Waals surface area contributed by atoms with Gasteiger partial charge in [-0.25, -0.2) is 0 Å². The quantitative estimate of drug-likeness (QED) is 0.654. The summed E-state index contributed by atoms with van der Waals surface area (Å²) in [5.74, 6) is 1.37. The number of carbonyl (C=O) groups excluding carboxylic acids is 1. The number of hydrogen-bond acceptors (Lipinski definition) is 2. The first-order valence-electron chi connectivity index (χ1n) is 7.76. The summed E-state index contributed by atoms with van der Waals surface area (Å²) in [5.41, 5.74) is 0. The minimum Gasteiger partial charge on any atom is -0.356 e. The van der Waals surface area contributed by atoms with Gasteiger partial charge in [0.2, 0.25) is 5.91 Å². The smallest absolute Gasteiger partial charge is 0.223 e. The van der Waals surface area contributed by atoms with Crippen LogP contribution in [0.3, 0.4) is 0 Å². The van der Waals surface area contributed by atoms with E-state index in [0.29, 0.717) is 5.91 Å².